The lowest BCUT2D eigenvalue weighted by molar-refractivity contribution is 0.0197. The number of amides is 1. The van der Waals surface area contributed by atoms with Gasteiger partial charge < -0.3 is 35.1 Å². The van der Waals surface area contributed by atoms with Gasteiger partial charge >= 0.3 is 6.09 Å². The van der Waals surface area contributed by atoms with E-state index in [1.165, 1.54) is 6.42 Å². The van der Waals surface area contributed by atoms with Gasteiger partial charge in [0.15, 0.2) is 11.3 Å². The summed E-state index contributed by atoms with van der Waals surface area (Å²) >= 11 is 0. The van der Waals surface area contributed by atoms with Gasteiger partial charge in [-0.25, -0.2) is 14.8 Å². The molecule has 0 aliphatic carbocycles. The summed E-state index contributed by atoms with van der Waals surface area (Å²) in [7, 11) is 1.31. The predicted octanol–water partition coefficient (Wildman–Crippen LogP) is 7.85. The quantitative estimate of drug-likeness (QED) is 0.0577. The molecule has 0 saturated carbocycles. The third-order valence-corrected chi connectivity index (χ3v) is 15.4. The fourth-order valence-electron chi connectivity index (χ4n) is 8.23. The SMILES string of the molecule is Cn1cc(-c2cnn3c(N(COCC[Si](C)(C)C)COCC[Si](C)(C)C)cc(C4CCCN(C(=O)OC(C)(C)C)C4)nc23)cn1.Cn1cc(-c2cnn3c(N)cc(C4CCCNC4)nc23)cn1. The Labute approximate surface area is 397 Å². The first-order valence-electron chi connectivity index (χ1n) is 23.8. The lowest BCUT2D eigenvalue weighted by Crippen LogP contribution is -2.42. The minimum absolute atomic E-state index is 0.0501. The molecule has 364 valence electrons. The summed E-state index contributed by atoms with van der Waals surface area (Å²) < 4.78 is 25.5. The summed E-state index contributed by atoms with van der Waals surface area (Å²) in [4.78, 5) is 27.0. The highest BCUT2D eigenvalue weighted by atomic mass is 28.3. The second-order valence-corrected chi connectivity index (χ2v) is 32.8. The zero-order chi connectivity index (χ0) is 48.1. The van der Waals surface area contributed by atoms with Crippen LogP contribution in [0.5, 0.6) is 0 Å². The molecule has 0 aromatic carbocycles. The number of hydrogen-bond donors (Lipinski definition) is 2. The molecule has 6 aromatic rings. The number of nitrogen functional groups attached to an aromatic ring is 1. The molecular formula is C47H74N14O4Si2. The van der Waals surface area contributed by atoms with E-state index in [1.807, 2.05) is 81.3 Å². The lowest BCUT2D eigenvalue weighted by atomic mass is 9.94. The van der Waals surface area contributed by atoms with Gasteiger partial charge in [0.25, 0.3) is 0 Å². The molecular weight excluding hydrogens is 881 g/mol. The Morgan fingerprint density at radius 2 is 1.33 bits per heavy atom. The van der Waals surface area contributed by atoms with E-state index in [2.05, 4.69) is 70.9 Å². The summed E-state index contributed by atoms with van der Waals surface area (Å²) in [5, 5.41) is 21.2. The zero-order valence-electron chi connectivity index (χ0n) is 41.7. The first-order valence-corrected chi connectivity index (χ1v) is 31.2. The standard InChI is InChI=1S/C32H55N7O4Si2.C15H19N7/c1-32(2,3)43-31(40)37-13-11-12-25(22-37)28-18-29(39-30(35-28)27(20-34-39)26-19-33-36(4)21-26)38(23-41-14-16-44(5,6)7)24-42-15-17-45(8,9)10;1-21-9-11(7-18-21)12-8-19-22-14(16)5-13(20-15(12)22)10-3-2-4-17-6-10/h18-21,25H,11-17,22-24H2,1-10H3;5,7-10,17H,2-4,6,16H2,1H3. The first-order chi connectivity index (χ1) is 31.7. The third kappa shape index (κ3) is 13.3. The first kappa shape index (κ1) is 49.7. The molecule has 6 aromatic heterocycles. The average molecular weight is 955 g/mol. The molecule has 20 heteroatoms. The van der Waals surface area contributed by atoms with Crippen molar-refractivity contribution >= 4 is 45.2 Å². The summed E-state index contributed by atoms with van der Waals surface area (Å²) in [6.07, 6.45) is 15.1. The van der Waals surface area contributed by atoms with Gasteiger partial charge in [0.1, 0.15) is 30.7 Å². The van der Waals surface area contributed by atoms with Crippen LogP contribution in [0, 0.1) is 0 Å². The van der Waals surface area contributed by atoms with Crippen molar-refractivity contribution in [3.05, 3.63) is 60.7 Å². The van der Waals surface area contributed by atoms with E-state index >= 15 is 0 Å². The molecule has 0 spiro atoms. The number of likely N-dealkylation sites (tertiary alicyclic amines) is 1. The lowest BCUT2D eigenvalue weighted by Gasteiger charge is -2.34. The Bertz CT molecular complexity index is 2560. The van der Waals surface area contributed by atoms with E-state index in [4.69, 9.17) is 35.0 Å². The van der Waals surface area contributed by atoms with E-state index in [0.29, 0.717) is 51.5 Å². The van der Waals surface area contributed by atoms with Gasteiger partial charge in [-0.3, -0.25) is 9.36 Å². The molecule has 0 bridgehead atoms. The van der Waals surface area contributed by atoms with Crippen LogP contribution in [-0.2, 0) is 28.3 Å². The highest BCUT2D eigenvalue weighted by Gasteiger charge is 2.31. The molecule has 2 atom stereocenters. The number of fused-ring (bicyclic) bond motifs is 2. The van der Waals surface area contributed by atoms with Crippen LogP contribution < -0.4 is 16.0 Å². The number of anilines is 2. The fraction of sp³-hybridized carbons (Fsp3) is 0.596. The van der Waals surface area contributed by atoms with Gasteiger partial charge in [-0.05, 0) is 65.1 Å². The number of carbonyl (C=O) groups is 1. The molecule has 2 unspecified atom stereocenters. The van der Waals surface area contributed by atoms with Gasteiger partial charge in [0.05, 0.1) is 36.2 Å². The van der Waals surface area contributed by atoms with E-state index in [-0.39, 0.29) is 12.0 Å². The predicted molar refractivity (Wildman–Crippen MR) is 270 cm³/mol. The number of aromatic nitrogens is 10. The minimum atomic E-state index is -1.25. The van der Waals surface area contributed by atoms with Crippen molar-refractivity contribution in [2.75, 3.05) is 63.5 Å². The highest BCUT2D eigenvalue weighted by Crippen LogP contribution is 2.34. The molecule has 8 heterocycles. The van der Waals surface area contributed by atoms with E-state index < -0.39 is 21.7 Å². The molecule has 8 rings (SSSR count). The molecule has 1 amide bonds. The van der Waals surface area contributed by atoms with Crippen molar-refractivity contribution in [1.29, 1.82) is 0 Å². The monoisotopic (exact) mass is 955 g/mol. The number of ether oxygens (including phenoxy) is 3. The Morgan fingerprint density at radius 3 is 1.85 bits per heavy atom. The maximum absolute atomic E-state index is 13.0. The summed E-state index contributed by atoms with van der Waals surface area (Å²) in [6.45, 7) is 25.3. The highest BCUT2D eigenvalue weighted by molar-refractivity contribution is 6.76. The third-order valence-electron chi connectivity index (χ3n) is 12.0. The molecule has 0 radical (unpaired) electrons. The number of aryl methyl sites for hydroxylation is 2. The van der Waals surface area contributed by atoms with Crippen LogP contribution in [0.4, 0.5) is 16.4 Å². The Morgan fingerprint density at radius 1 is 0.776 bits per heavy atom. The molecule has 2 aliphatic heterocycles. The Balaban J connectivity index is 0.000000250. The molecule has 67 heavy (non-hydrogen) atoms. The van der Waals surface area contributed by atoms with Crippen molar-refractivity contribution in [2.24, 2.45) is 14.1 Å². The summed E-state index contributed by atoms with van der Waals surface area (Å²) in [5.74, 6) is 1.95. The van der Waals surface area contributed by atoms with Gasteiger partial charge in [0, 0.05) is 122 Å². The van der Waals surface area contributed by atoms with Crippen molar-refractivity contribution in [3.8, 4) is 22.3 Å². The maximum Gasteiger partial charge on any atom is 0.410 e. The topological polar surface area (TPSA) is 185 Å². The number of nitrogens with two attached hydrogens (primary N) is 1. The van der Waals surface area contributed by atoms with Crippen LogP contribution in [0.3, 0.4) is 0 Å². The van der Waals surface area contributed by atoms with Gasteiger partial charge in [-0.15, -0.1) is 0 Å². The molecule has 2 saturated heterocycles. The van der Waals surface area contributed by atoms with Crippen molar-refractivity contribution < 1.29 is 19.0 Å². The number of rotatable bonds is 15. The van der Waals surface area contributed by atoms with Crippen LogP contribution in [-0.4, -0.2) is 134 Å². The number of nitrogens with zero attached hydrogens (tertiary/aromatic N) is 12. The second kappa shape index (κ2) is 21.0. The fourth-order valence-corrected chi connectivity index (χ4v) is 9.75. The van der Waals surface area contributed by atoms with Crippen molar-refractivity contribution in [3.63, 3.8) is 0 Å². The average Bonchev–Trinajstić information content (AvgIpc) is 4.09. The number of nitrogens with one attached hydrogen (secondary N) is 1. The van der Waals surface area contributed by atoms with Crippen molar-refractivity contribution in [2.45, 2.75) is 115 Å². The Kier molecular flexibility index (Phi) is 15.6. The van der Waals surface area contributed by atoms with Crippen LogP contribution >= 0.6 is 0 Å². The van der Waals surface area contributed by atoms with Gasteiger partial charge in [0.2, 0.25) is 0 Å². The normalized spacial score (nSPS) is 17.2. The maximum atomic E-state index is 13.0. The molecule has 2 fully saturated rings. The van der Waals surface area contributed by atoms with E-state index in [9.17, 15) is 4.79 Å². The minimum Gasteiger partial charge on any atom is -0.444 e. The van der Waals surface area contributed by atoms with Crippen molar-refractivity contribution in [1.82, 2.24) is 59.0 Å². The van der Waals surface area contributed by atoms with Crippen LogP contribution in [0.2, 0.25) is 51.4 Å². The van der Waals surface area contributed by atoms with Crippen LogP contribution in [0.15, 0.2) is 49.3 Å². The number of carbonyl (C=O) groups excluding carboxylic acids is 1. The largest absolute Gasteiger partial charge is 0.444 e. The van der Waals surface area contributed by atoms with Crippen LogP contribution in [0.1, 0.15) is 69.7 Å². The second-order valence-electron chi connectivity index (χ2n) is 21.6. The summed E-state index contributed by atoms with van der Waals surface area (Å²) in [6, 6.07) is 6.23. The molecule has 18 nitrogen and oxygen atoms in total. The smallest absolute Gasteiger partial charge is 0.410 e. The van der Waals surface area contributed by atoms with E-state index in [0.717, 1.165) is 95.2 Å². The van der Waals surface area contributed by atoms with Gasteiger partial charge in [-0.1, -0.05) is 39.3 Å². The Hall–Kier alpha value is -5.16. The van der Waals surface area contributed by atoms with Gasteiger partial charge in [-0.2, -0.15) is 29.4 Å². The molecule has 3 N–H and O–H groups in total. The number of hydrogen-bond acceptors (Lipinski definition) is 13. The molecule has 2 aliphatic rings. The van der Waals surface area contributed by atoms with Crippen LogP contribution in [0.25, 0.3) is 33.5 Å². The number of piperidine rings is 2. The van der Waals surface area contributed by atoms with E-state index in [1.54, 1.807) is 20.1 Å². The summed E-state index contributed by atoms with van der Waals surface area (Å²) in [5.41, 5.74) is 13.0. The zero-order valence-corrected chi connectivity index (χ0v) is 43.7.